The van der Waals surface area contributed by atoms with Gasteiger partial charge in [-0.05, 0) is 37.3 Å². The Bertz CT molecular complexity index is 968. The van der Waals surface area contributed by atoms with E-state index in [1.807, 2.05) is 45.0 Å². The van der Waals surface area contributed by atoms with Crippen molar-refractivity contribution in [2.24, 2.45) is 0 Å². The van der Waals surface area contributed by atoms with Crippen LogP contribution in [0.4, 0.5) is 0 Å². The summed E-state index contributed by atoms with van der Waals surface area (Å²) in [5, 5.41) is 5.05. The summed E-state index contributed by atoms with van der Waals surface area (Å²) >= 11 is 1.35. The number of benzene rings is 1. The lowest BCUT2D eigenvalue weighted by Gasteiger charge is -2.18. The molecule has 6 heteroatoms. The molecule has 1 aromatic carbocycles. The van der Waals surface area contributed by atoms with Gasteiger partial charge in [0.15, 0.2) is 5.78 Å². The monoisotopic (exact) mass is 368 g/mol. The number of carbonyl (C=O) groups excluding carboxylic acids is 1. The van der Waals surface area contributed by atoms with E-state index in [0.717, 1.165) is 22.5 Å². The Morgan fingerprint density at radius 1 is 1.08 bits per heavy atom. The second-order valence-corrected chi connectivity index (χ2v) is 8.50. The summed E-state index contributed by atoms with van der Waals surface area (Å²) in [6, 6.07) is 7.86. The third-order valence-electron chi connectivity index (χ3n) is 4.65. The molecule has 0 atom stereocenters. The van der Waals surface area contributed by atoms with Crippen LogP contribution in [-0.2, 0) is 5.41 Å². The molecule has 0 N–H and O–H groups in total. The minimum absolute atomic E-state index is 0.0753. The van der Waals surface area contributed by atoms with E-state index >= 15 is 0 Å². The molecule has 2 heterocycles. The molecule has 5 nitrogen and oxygen atoms in total. The predicted octanol–water partition coefficient (Wildman–Crippen LogP) is 4.32. The van der Waals surface area contributed by atoms with Crippen LogP contribution in [-0.4, -0.2) is 31.1 Å². The number of fused-ring (bicyclic) bond motifs is 1. The quantitative estimate of drug-likeness (QED) is 0.507. The number of rotatable bonds is 4. The Kier molecular flexibility index (Phi) is 4.88. The Hall–Kier alpha value is -2.21. The first-order valence-corrected chi connectivity index (χ1v) is 9.62. The number of carbonyl (C=O) groups is 1. The third-order valence-corrected chi connectivity index (χ3v) is 5.48. The van der Waals surface area contributed by atoms with Crippen molar-refractivity contribution in [3.05, 3.63) is 52.3 Å². The molecule has 0 saturated carbocycles. The average Bonchev–Trinajstić information content (AvgIpc) is 3.00. The minimum Gasteiger partial charge on any atom is -0.293 e. The fourth-order valence-corrected chi connectivity index (χ4v) is 3.38. The number of aryl methyl sites for hydroxylation is 2. The fourth-order valence-electron chi connectivity index (χ4n) is 2.67. The maximum Gasteiger partial charge on any atom is 0.253 e. The standard InChI is InChI=1S/C20H24N4OS/c1-12-13(2)21-18-22-19(23-24(18)14(12)3)26-11-17(25)15-7-9-16(10-8-15)20(4,5)6/h7-10H,11H2,1-6H3. The first kappa shape index (κ1) is 18.6. The summed E-state index contributed by atoms with van der Waals surface area (Å²) < 4.78 is 1.74. The Labute approximate surface area is 158 Å². The van der Waals surface area contributed by atoms with Crippen molar-refractivity contribution >= 4 is 23.3 Å². The van der Waals surface area contributed by atoms with Gasteiger partial charge in [-0.1, -0.05) is 56.8 Å². The third kappa shape index (κ3) is 3.65. The maximum absolute atomic E-state index is 12.5. The van der Waals surface area contributed by atoms with E-state index < -0.39 is 0 Å². The number of hydrogen-bond donors (Lipinski definition) is 0. The number of hydrogen-bond acceptors (Lipinski definition) is 5. The van der Waals surface area contributed by atoms with Gasteiger partial charge in [0, 0.05) is 17.0 Å². The fraction of sp³-hybridized carbons (Fsp3) is 0.400. The SMILES string of the molecule is Cc1nc2nc(SCC(=O)c3ccc(C(C)(C)C)cc3)nn2c(C)c1C. The van der Waals surface area contributed by atoms with E-state index in [0.29, 0.717) is 16.7 Å². The van der Waals surface area contributed by atoms with Crippen LogP contribution in [0.5, 0.6) is 0 Å². The molecule has 0 aliphatic carbocycles. The lowest BCUT2D eigenvalue weighted by Crippen LogP contribution is -2.11. The van der Waals surface area contributed by atoms with Crippen molar-refractivity contribution in [2.75, 3.05) is 5.75 Å². The molecule has 0 bridgehead atoms. The molecular formula is C20H24N4OS. The van der Waals surface area contributed by atoms with E-state index in [1.54, 1.807) is 4.52 Å². The highest BCUT2D eigenvalue weighted by molar-refractivity contribution is 7.99. The van der Waals surface area contributed by atoms with Gasteiger partial charge in [0.25, 0.3) is 5.78 Å². The highest BCUT2D eigenvalue weighted by Crippen LogP contribution is 2.23. The van der Waals surface area contributed by atoms with Crippen molar-refractivity contribution in [3.8, 4) is 0 Å². The molecule has 0 aliphatic rings. The van der Waals surface area contributed by atoms with E-state index in [-0.39, 0.29) is 11.2 Å². The molecule has 2 aromatic heterocycles. The van der Waals surface area contributed by atoms with E-state index in [2.05, 4.69) is 35.8 Å². The maximum atomic E-state index is 12.5. The number of nitrogens with zero attached hydrogens (tertiary/aromatic N) is 4. The van der Waals surface area contributed by atoms with Gasteiger partial charge in [-0.15, -0.1) is 5.10 Å². The lowest BCUT2D eigenvalue weighted by atomic mass is 9.86. The largest absolute Gasteiger partial charge is 0.293 e. The second-order valence-electron chi connectivity index (χ2n) is 7.55. The van der Waals surface area contributed by atoms with Gasteiger partial charge in [-0.2, -0.15) is 4.98 Å². The van der Waals surface area contributed by atoms with E-state index in [4.69, 9.17) is 0 Å². The van der Waals surface area contributed by atoms with Gasteiger partial charge in [0.2, 0.25) is 5.16 Å². The molecule has 0 aliphatic heterocycles. The Morgan fingerprint density at radius 2 is 1.73 bits per heavy atom. The average molecular weight is 369 g/mol. The molecule has 0 fully saturated rings. The van der Waals surface area contributed by atoms with Crippen molar-refractivity contribution in [1.82, 2.24) is 19.6 Å². The van der Waals surface area contributed by atoms with E-state index in [1.165, 1.54) is 17.3 Å². The van der Waals surface area contributed by atoms with Crippen LogP contribution >= 0.6 is 11.8 Å². The van der Waals surface area contributed by atoms with Gasteiger partial charge in [-0.25, -0.2) is 9.50 Å². The van der Waals surface area contributed by atoms with Crippen molar-refractivity contribution < 1.29 is 4.79 Å². The van der Waals surface area contributed by atoms with Crippen LogP contribution in [0.3, 0.4) is 0 Å². The predicted molar refractivity (Wildman–Crippen MR) is 105 cm³/mol. The number of ketones is 1. The zero-order valence-corrected chi connectivity index (χ0v) is 16.9. The smallest absolute Gasteiger partial charge is 0.253 e. The van der Waals surface area contributed by atoms with Gasteiger partial charge in [0.05, 0.1) is 5.75 Å². The van der Waals surface area contributed by atoms with Crippen molar-refractivity contribution in [3.63, 3.8) is 0 Å². The summed E-state index contributed by atoms with van der Waals surface area (Å²) in [6.45, 7) is 12.5. The molecule has 0 amide bonds. The van der Waals surface area contributed by atoms with Crippen LogP contribution < -0.4 is 0 Å². The molecule has 0 radical (unpaired) electrons. The summed E-state index contributed by atoms with van der Waals surface area (Å²) in [4.78, 5) is 21.4. The molecule has 136 valence electrons. The lowest BCUT2D eigenvalue weighted by molar-refractivity contribution is 0.102. The number of aromatic nitrogens is 4. The van der Waals surface area contributed by atoms with E-state index in [9.17, 15) is 4.79 Å². The topological polar surface area (TPSA) is 60.2 Å². The summed E-state index contributed by atoms with van der Waals surface area (Å²) in [6.07, 6.45) is 0. The second kappa shape index (κ2) is 6.83. The molecule has 0 spiro atoms. The molecule has 0 unspecified atom stereocenters. The van der Waals surface area contributed by atoms with Crippen molar-refractivity contribution in [1.29, 1.82) is 0 Å². The highest BCUT2D eigenvalue weighted by Gasteiger charge is 2.16. The summed E-state index contributed by atoms with van der Waals surface area (Å²) in [5.74, 6) is 0.962. The van der Waals surface area contributed by atoms with Gasteiger partial charge in [0.1, 0.15) is 0 Å². The first-order valence-electron chi connectivity index (χ1n) is 8.64. The summed E-state index contributed by atoms with van der Waals surface area (Å²) in [5.41, 5.74) is 5.10. The molecule has 0 saturated heterocycles. The molecule has 3 aromatic rings. The van der Waals surface area contributed by atoms with Crippen LogP contribution in [0.25, 0.3) is 5.78 Å². The van der Waals surface area contributed by atoms with Crippen LogP contribution in [0.1, 0.15) is 53.6 Å². The van der Waals surface area contributed by atoms with Crippen LogP contribution in [0.15, 0.2) is 29.4 Å². The van der Waals surface area contributed by atoms with Crippen molar-refractivity contribution in [2.45, 2.75) is 52.1 Å². The van der Waals surface area contributed by atoms with Crippen LogP contribution in [0.2, 0.25) is 0 Å². The minimum atomic E-state index is 0.0753. The normalized spacial score (nSPS) is 11.9. The Balaban J connectivity index is 1.73. The zero-order chi connectivity index (χ0) is 19.1. The van der Waals surface area contributed by atoms with Gasteiger partial charge >= 0.3 is 0 Å². The van der Waals surface area contributed by atoms with Gasteiger partial charge < -0.3 is 0 Å². The summed E-state index contributed by atoms with van der Waals surface area (Å²) in [7, 11) is 0. The zero-order valence-electron chi connectivity index (χ0n) is 16.1. The van der Waals surface area contributed by atoms with Crippen LogP contribution in [0, 0.1) is 20.8 Å². The molecule has 3 rings (SSSR count). The molecular weight excluding hydrogens is 344 g/mol. The molecule has 26 heavy (non-hydrogen) atoms. The number of thioether (sulfide) groups is 1. The first-order chi connectivity index (χ1) is 12.2. The highest BCUT2D eigenvalue weighted by atomic mass is 32.2. The Morgan fingerprint density at radius 3 is 2.35 bits per heavy atom. The number of Topliss-reactive ketones (excluding diaryl/α,β-unsaturated/α-hetero) is 1. The van der Waals surface area contributed by atoms with Gasteiger partial charge in [-0.3, -0.25) is 4.79 Å².